The number of benzene rings is 2. The minimum atomic E-state index is -0.676. The summed E-state index contributed by atoms with van der Waals surface area (Å²) in [6, 6.07) is 12.3. The van der Waals surface area contributed by atoms with Gasteiger partial charge in [0.1, 0.15) is 11.4 Å². The Hall–Kier alpha value is -3.10. The Morgan fingerprint density at radius 3 is 2.90 bits per heavy atom. The van der Waals surface area contributed by atoms with Crippen molar-refractivity contribution in [1.29, 1.82) is 0 Å². The highest BCUT2D eigenvalue weighted by atomic mass is 32.1. The van der Waals surface area contributed by atoms with E-state index in [0.717, 1.165) is 11.6 Å². The fraction of sp³-hybridized carbons (Fsp3) is 0.190. The Morgan fingerprint density at radius 1 is 1.24 bits per heavy atom. The lowest BCUT2D eigenvalue weighted by atomic mass is 10.2. The zero-order valence-electron chi connectivity index (χ0n) is 15.6. The second-order valence-electron chi connectivity index (χ2n) is 6.23. The molecule has 0 fully saturated rings. The highest BCUT2D eigenvalue weighted by molar-refractivity contribution is 7.16. The van der Waals surface area contributed by atoms with Gasteiger partial charge in [0.05, 0.1) is 22.2 Å². The fourth-order valence-corrected chi connectivity index (χ4v) is 4.08. The van der Waals surface area contributed by atoms with E-state index < -0.39 is 5.91 Å². The van der Waals surface area contributed by atoms with E-state index in [1.165, 1.54) is 23.5 Å². The molecular weight excluding hydrogens is 395 g/mol. The van der Waals surface area contributed by atoms with Crippen molar-refractivity contribution in [3.8, 4) is 0 Å². The zero-order chi connectivity index (χ0) is 20.4. The summed E-state index contributed by atoms with van der Waals surface area (Å²) >= 11 is 1.19. The number of hydrogen-bond donors (Lipinski definition) is 0. The third-order valence-electron chi connectivity index (χ3n) is 4.35. The van der Waals surface area contributed by atoms with E-state index in [1.807, 2.05) is 6.92 Å². The number of amides is 1. The zero-order valence-corrected chi connectivity index (χ0v) is 16.4. The smallest absolute Gasteiger partial charge is 0.315 e. The maximum Gasteiger partial charge on any atom is 0.315 e. The first-order valence-electron chi connectivity index (χ1n) is 9.05. The van der Waals surface area contributed by atoms with Crippen LogP contribution in [0.4, 0.5) is 4.39 Å². The molecule has 2 aromatic heterocycles. The predicted molar refractivity (Wildman–Crippen MR) is 109 cm³/mol. The number of nitrogens with zero attached hydrogens (tertiary/aromatic N) is 2. The number of halogens is 1. The molecule has 0 radical (unpaired) electrons. The minimum Gasteiger partial charge on any atom is -0.451 e. The molecule has 0 aliphatic rings. The molecule has 0 saturated heterocycles. The van der Waals surface area contributed by atoms with Crippen LogP contribution in [0.1, 0.15) is 17.5 Å². The molecule has 0 atom stereocenters. The van der Waals surface area contributed by atoms with E-state index in [-0.39, 0.29) is 17.0 Å². The molecule has 1 amide bonds. The maximum absolute atomic E-state index is 13.6. The summed E-state index contributed by atoms with van der Waals surface area (Å²) in [5.74, 6) is -1.19. The Labute approximate surface area is 168 Å². The molecule has 2 aromatic carbocycles. The van der Waals surface area contributed by atoms with Gasteiger partial charge in [0.25, 0.3) is 0 Å². The Kier molecular flexibility index (Phi) is 5.37. The van der Waals surface area contributed by atoms with Crippen LogP contribution in [0.25, 0.3) is 21.2 Å². The summed E-state index contributed by atoms with van der Waals surface area (Å²) in [6.45, 7) is 3.33. The van der Waals surface area contributed by atoms with Gasteiger partial charge < -0.3 is 13.7 Å². The quantitative estimate of drug-likeness (QED) is 0.468. The minimum absolute atomic E-state index is 0.145. The van der Waals surface area contributed by atoms with Crippen LogP contribution in [0.15, 0.2) is 62.7 Å². The van der Waals surface area contributed by atoms with Gasteiger partial charge in [0, 0.05) is 19.2 Å². The van der Waals surface area contributed by atoms with Crippen LogP contribution in [0, 0.1) is 5.82 Å². The summed E-state index contributed by atoms with van der Waals surface area (Å²) < 4.78 is 27.1. The van der Waals surface area contributed by atoms with Gasteiger partial charge in [-0.1, -0.05) is 23.5 Å². The van der Waals surface area contributed by atoms with Crippen LogP contribution in [-0.4, -0.2) is 23.7 Å². The van der Waals surface area contributed by atoms with Crippen LogP contribution >= 0.6 is 11.3 Å². The van der Waals surface area contributed by atoms with E-state index >= 15 is 0 Å². The summed E-state index contributed by atoms with van der Waals surface area (Å²) in [6.07, 6.45) is 0. The summed E-state index contributed by atoms with van der Waals surface area (Å²) in [5, 5.41) is 0.396. The van der Waals surface area contributed by atoms with Gasteiger partial charge in [0.2, 0.25) is 0 Å². The van der Waals surface area contributed by atoms with Crippen LogP contribution in [-0.2, 0) is 11.3 Å². The first-order chi connectivity index (χ1) is 14.1. The number of fused-ring (bicyclic) bond motifs is 2. The first-order valence-corrected chi connectivity index (χ1v) is 9.87. The van der Waals surface area contributed by atoms with Gasteiger partial charge in [0.15, 0.2) is 16.0 Å². The molecule has 2 heterocycles. The molecule has 0 unspecified atom stereocenters. The molecule has 4 rings (SSSR count). The van der Waals surface area contributed by atoms with Crippen LogP contribution in [0.5, 0.6) is 0 Å². The molecular formula is C21H17FN2O4S. The lowest BCUT2D eigenvalue weighted by Gasteiger charge is -2.05. The number of rotatable bonds is 5. The molecule has 0 aliphatic carbocycles. The molecule has 0 saturated carbocycles. The van der Waals surface area contributed by atoms with Crippen molar-refractivity contribution in [2.45, 2.75) is 13.5 Å². The van der Waals surface area contributed by atoms with Gasteiger partial charge in [-0.05, 0) is 37.3 Å². The monoisotopic (exact) mass is 412 g/mol. The van der Waals surface area contributed by atoms with Crippen LogP contribution < -0.4 is 10.2 Å². The molecule has 0 N–H and O–H groups in total. The first kappa shape index (κ1) is 19.2. The summed E-state index contributed by atoms with van der Waals surface area (Å²) in [5.41, 5.74) is 0.761. The summed E-state index contributed by atoms with van der Waals surface area (Å²) in [7, 11) is 0. The van der Waals surface area contributed by atoms with Crippen molar-refractivity contribution in [3.63, 3.8) is 0 Å². The highest BCUT2D eigenvalue weighted by Gasteiger charge is 2.14. The Balaban J connectivity index is 1.81. The SMILES string of the molecule is CCOCCn1c(=NC(=O)c2cc(=O)c3ccccc3o2)sc2cc(F)ccc21. The molecule has 6 nitrogen and oxygen atoms in total. The predicted octanol–water partition coefficient (Wildman–Crippen LogP) is 3.73. The molecule has 4 aromatic rings. The largest absolute Gasteiger partial charge is 0.451 e. The second-order valence-corrected chi connectivity index (χ2v) is 7.24. The number of hydrogen-bond acceptors (Lipinski definition) is 5. The van der Waals surface area contributed by atoms with Gasteiger partial charge in [-0.3, -0.25) is 9.59 Å². The number of para-hydroxylation sites is 1. The van der Waals surface area contributed by atoms with E-state index in [2.05, 4.69) is 4.99 Å². The molecule has 0 aliphatic heterocycles. The van der Waals surface area contributed by atoms with Crippen molar-refractivity contribution in [2.24, 2.45) is 4.99 Å². The van der Waals surface area contributed by atoms with Crippen LogP contribution in [0.2, 0.25) is 0 Å². The lowest BCUT2D eigenvalue weighted by molar-refractivity contribution is 0.0971. The third-order valence-corrected chi connectivity index (χ3v) is 5.39. The van der Waals surface area contributed by atoms with Crippen molar-refractivity contribution in [1.82, 2.24) is 4.57 Å². The van der Waals surface area contributed by atoms with Gasteiger partial charge in [-0.25, -0.2) is 4.39 Å². The summed E-state index contributed by atoms with van der Waals surface area (Å²) in [4.78, 5) is 29.5. The van der Waals surface area contributed by atoms with Gasteiger partial charge in [-0.2, -0.15) is 4.99 Å². The molecule has 29 heavy (non-hydrogen) atoms. The molecule has 0 spiro atoms. The van der Waals surface area contributed by atoms with E-state index in [1.54, 1.807) is 34.9 Å². The maximum atomic E-state index is 13.6. The average molecular weight is 412 g/mol. The number of aromatic nitrogens is 1. The van der Waals surface area contributed by atoms with Gasteiger partial charge in [-0.15, -0.1) is 0 Å². The Bertz CT molecular complexity index is 1340. The number of thiazole rings is 1. The van der Waals surface area contributed by atoms with E-state index in [0.29, 0.717) is 40.2 Å². The highest BCUT2D eigenvalue weighted by Crippen LogP contribution is 2.19. The van der Waals surface area contributed by atoms with Crippen molar-refractivity contribution >= 4 is 38.4 Å². The lowest BCUT2D eigenvalue weighted by Crippen LogP contribution is -2.20. The van der Waals surface area contributed by atoms with Crippen molar-refractivity contribution in [2.75, 3.05) is 13.2 Å². The van der Waals surface area contributed by atoms with Crippen LogP contribution in [0.3, 0.4) is 0 Å². The second kappa shape index (κ2) is 8.10. The topological polar surface area (TPSA) is 73.8 Å². The van der Waals surface area contributed by atoms with Crippen molar-refractivity contribution in [3.05, 3.63) is 75.1 Å². The fourth-order valence-electron chi connectivity index (χ4n) is 3.00. The number of carbonyl (C=O) groups excluding carboxylic acids is 1. The van der Waals surface area contributed by atoms with E-state index in [4.69, 9.17) is 9.15 Å². The number of ether oxygens (including phenoxy) is 1. The Morgan fingerprint density at radius 2 is 2.07 bits per heavy atom. The standard InChI is InChI=1S/C21H17FN2O4S/c1-2-27-10-9-24-15-8-7-13(22)11-19(15)29-21(24)23-20(26)18-12-16(25)14-5-3-4-6-17(14)28-18/h3-8,11-12H,2,9-10H2,1H3. The molecule has 148 valence electrons. The number of carbonyl (C=O) groups is 1. The third kappa shape index (κ3) is 3.90. The van der Waals surface area contributed by atoms with Crippen molar-refractivity contribution < 1.29 is 18.3 Å². The molecule has 8 heteroatoms. The average Bonchev–Trinajstić information content (AvgIpc) is 3.04. The normalized spacial score (nSPS) is 12.1. The van der Waals surface area contributed by atoms with E-state index in [9.17, 15) is 14.0 Å². The van der Waals surface area contributed by atoms with Gasteiger partial charge >= 0.3 is 5.91 Å². The molecule has 0 bridgehead atoms.